The van der Waals surface area contributed by atoms with Crippen LogP contribution >= 0.6 is 11.6 Å². The summed E-state index contributed by atoms with van der Waals surface area (Å²) in [6.45, 7) is 2.55. The summed E-state index contributed by atoms with van der Waals surface area (Å²) in [5.41, 5.74) is 2.56. The van der Waals surface area contributed by atoms with Crippen LogP contribution in [0.25, 0.3) is 6.08 Å². The summed E-state index contributed by atoms with van der Waals surface area (Å²) in [4.78, 5) is 21.6. The van der Waals surface area contributed by atoms with Gasteiger partial charge in [-0.05, 0) is 56.5 Å². The van der Waals surface area contributed by atoms with Crippen LogP contribution in [0.15, 0.2) is 48.2 Å². The summed E-state index contributed by atoms with van der Waals surface area (Å²) < 4.78 is 0. The van der Waals surface area contributed by atoms with Gasteiger partial charge in [-0.15, -0.1) is 0 Å². The molecule has 6 nitrogen and oxygen atoms in total. The Hall–Kier alpha value is -2.73. The fraction of sp³-hybridized carbons (Fsp3) is 0.263. The second-order valence-electron chi connectivity index (χ2n) is 6.06. The van der Waals surface area contributed by atoms with Crippen LogP contribution in [0.1, 0.15) is 30.7 Å². The minimum atomic E-state index is -0.375. The first kappa shape index (κ1) is 18.1. The average Bonchev–Trinajstić information content (AvgIpc) is 2.62. The van der Waals surface area contributed by atoms with Crippen molar-refractivity contribution in [1.82, 2.24) is 9.97 Å². The van der Waals surface area contributed by atoms with E-state index in [1.807, 2.05) is 42.2 Å². The molecule has 0 bridgehead atoms. The van der Waals surface area contributed by atoms with Crippen molar-refractivity contribution in [1.29, 1.82) is 0 Å². The van der Waals surface area contributed by atoms with Gasteiger partial charge in [-0.25, -0.2) is 9.97 Å². The lowest BCUT2D eigenvalue weighted by atomic mass is 10.1. The number of hydrogen-bond donors (Lipinski definition) is 0. The minimum Gasteiger partial charge on any atom is -0.324 e. The third-order valence-corrected chi connectivity index (χ3v) is 4.36. The molecule has 0 spiro atoms. The zero-order valence-corrected chi connectivity index (χ0v) is 15.2. The van der Waals surface area contributed by atoms with Crippen molar-refractivity contribution in [2.45, 2.75) is 26.2 Å². The largest absolute Gasteiger partial charge is 0.324 e. The highest BCUT2D eigenvalue weighted by Crippen LogP contribution is 2.33. The van der Waals surface area contributed by atoms with E-state index in [2.05, 4.69) is 9.97 Å². The van der Waals surface area contributed by atoms with Gasteiger partial charge in [0.25, 0.3) is 0 Å². The first-order chi connectivity index (χ1) is 12.5. The second kappa shape index (κ2) is 8.10. The number of aromatic nitrogens is 2. The van der Waals surface area contributed by atoms with E-state index in [4.69, 9.17) is 11.6 Å². The molecule has 0 N–H and O–H groups in total. The van der Waals surface area contributed by atoms with Crippen molar-refractivity contribution in [3.8, 4) is 0 Å². The van der Waals surface area contributed by atoms with Crippen LogP contribution in [0, 0.1) is 17.0 Å². The zero-order valence-electron chi connectivity index (χ0n) is 14.4. The Bertz CT molecular complexity index is 880. The van der Waals surface area contributed by atoms with Crippen LogP contribution in [-0.2, 0) is 0 Å². The number of nitro groups is 1. The lowest BCUT2D eigenvalue weighted by Crippen LogP contribution is -2.29. The molecule has 26 heavy (non-hydrogen) atoms. The number of piperidine rings is 1. The molecule has 0 amide bonds. The first-order valence-corrected chi connectivity index (χ1v) is 8.82. The Balaban J connectivity index is 1.91. The van der Waals surface area contributed by atoms with E-state index in [-0.39, 0.29) is 10.6 Å². The summed E-state index contributed by atoms with van der Waals surface area (Å²) in [6, 6.07) is 8.62. The number of nitrogens with zero attached hydrogens (tertiary/aromatic N) is 4. The van der Waals surface area contributed by atoms with Crippen LogP contribution in [0.3, 0.4) is 0 Å². The maximum absolute atomic E-state index is 11.4. The number of pyridine rings is 2. The van der Waals surface area contributed by atoms with Crippen LogP contribution < -0.4 is 4.90 Å². The predicted molar refractivity (Wildman–Crippen MR) is 103 cm³/mol. The van der Waals surface area contributed by atoms with Crippen molar-refractivity contribution in [3.05, 3.63) is 74.8 Å². The zero-order chi connectivity index (χ0) is 18.5. The van der Waals surface area contributed by atoms with Crippen molar-refractivity contribution in [2.24, 2.45) is 0 Å². The van der Waals surface area contributed by atoms with Gasteiger partial charge in [0.15, 0.2) is 0 Å². The van der Waals surface area contributed by atoms with Crippen molar-refractivity contribution >= 4 is 29.2 Å². The van der Waals surface area contributed by atoms with E-state index in [1.165, 1.54) is 6.07 Å². The van der Waals surface area contributed by atoms with Gasteiger partial charge in [0.05, 0.1) is 10.6 Å². The topological polar surface area (TPSA) is 72.2 Å². The number of halogens is 1. The molecule has 0 saturated carbocycles. The quantitative estimate of drug-likeness (QED) is 0.433. The molecule has 1 aliphatic rings. The van der Waals surface area contributed by atoms with Gasteiger partial charge in [-0.1, -0.05) is 23.7 Å². The molecule has 0 atom stereocenters. The Morgan fingerprint density at radius 3 is 2.85 bits per heavy atom. The Morgan fingerprint density at radius 1 is 1.23 bits per heavy atom. The van der Waals surface area contributed by atoms with Crippen molar-refractivity contribution in [3.63, 3.8) is 0 Å². The molecule has 0 radical (unpaired) electrons. The predicted octanol–water partition coefficient (Wildman–Crippen LogP) is 4.93. The normalized spacial score (nSPS) is 16.4. The molecule has 7 heteroatoms. The van der Waals surface area contributed by atoms with Crippen LogP contribution in [0.2, 0.25) is 5.15 Å². The van der Waals surface area contributed by atoms with Gasteiger partial charge in [-0.2, -0.15) is 0 Å². The van der Waals surface area contributed by atoms with Gasteiger partial charge in [0, 0.05) is 24.0 Å². The SMILES string of the molecule is Cc1ccc([N+](=O)[O-])c(N2CCCC/C2=C\C=Cc2cccc(Cl)n2)n1. The van der Waals surface area contributed by atoms with E-state index >= 15 is 0 Å². The lowest BCUT2D eigenvalue weighted by Gasteiger charge is -2.30. The van der Waals surface area contributed by atoms with E-state index < -0.39 is 0 Å². The molecular weight excluding hydrogens is 352 g/mol. The second-order valence-corrected chi connectivity index (χ2v) is 6.45. The highest BCUT2D eigenvalue weighted by Gasteiger charge is 2.25. The maximum atomic E-state index is 11.4. The molecule has 2 aromatic heterocycles. The van der Waals surface area contributed by atoms with Gasteiger partial charge >= 0.3 is 5.69 Å². The number of hydrogen-bond acceptors (Lipinski definition) is 5. The van der Waals surface area contributed by atoms with E-state index in [1.54, 1.807) is 12.1 Å². The third-order valence-electron chi connectivity index (χ3n) is 4.15. The van der Waals surface area contributed by atoms with E-state index in [0.29, 0.717) is 17.5 Å². The third kappa shape index (κ3) is 4.26. The summed E-state index contributed by atoms with van der Waals surface area (Å²) in [5, 5.41) is 11.8. The van der Waals surface area contributed by atoms with Crippen molar-refractivity contribution < 1.29 is 4.92 Å². The number of rotatable bonds is 4. The summed E-state index contributed by atoms with van der Waals surface area (Å²) in [7, 11) is 0. The summed E-state index contributed by atoms with van der Waals surface area (Å²) in [5.74, 6) is 0.412. The molecule has 3 heterocycles. The molecule has 1 aliphatic heterocycles. The van der Waals surface area contributed by atoms with Gasteiger partial charge in [-0.3, -0.25) is 10.1 Å². The monoisotopic (exact) mass is 370 g/mol. The summed E-state index contributed by atoms with van der Waals surface area (Å²) >= 11 is 5.90. The highest BCUT2D eigenvalue weighted by molar-refractivity contribution is 6.29. The Morgan fingerprint density at radius 2 is 2.08 bits per heavy atom. The highest BCUT2D eigenvalue weighted by atomic mass is 35.5. The van der Waals surface area contributed by atoms with Gasteiger partial charge in [0.2, 0.25) is 5.82 Å². The molecule has 1 fully saturated rings. The van der Waals surface area contributed by atoms with Crippen LogP contribution in [0.5, 0.6) is 0 Å². The summed E-state index contributed by atoms with van der Waals surface area (Å²) in [6.07, 6.45) is 8.60. The van der Waals surface area contributed by atoms with Crippen LogP contribution in [-0.4, -0.2) is 21.4 Å². The van der Waals surface area contributed by atoms with E-state index in [9.17, 15) is 10.1 Å². The Kier molecular flexibility index (Phi) is 5.63. The molecule has 134 valence electrons. The fourth-order valence-corrected chi connectivity index (χ4v) is 3.09. The Labute approximate surface area is 157 Å². The molecular formula is C19H19ClN4O2. The molecule has 0 aromatic carbocycles. The molecule has 1 saturated heterocycles. The number of anilines is 1. The number of aryl methyl sites for hydroxylation is 1. The smallest absolute Gasteiger partial charge is 0.311 e. The molecule has 2 aromatic rings. The van der Waals surface area contributed by atoms with Crippen LogP contribution in [0.4, 0.5) is 11.5 Å². The van der Waals surface area contributed by atoms with Gasteiger partial charge in [0.1, 0.15) is 5.15 Å². The lowest BCUT2D eigenvalue weighted by molar-refractivity contribution is -0.384. The van der Waals surface area contributed by atoms with Gasteiger partial charge < -0.3 is 4.90 Å². The maximum Gasteiger partial charge on any atom is 0.311 e. The fourth-order valence-electron chi connectivity index (χ4n) is 2.92. The van der Waals surface area contributed by atoms with Crippen molar-refractivity contribution in [2.75, 3.05) is 11.4 Å². The average molecular weight is 371 g/mol. The molecule has 0 aliphatic carbocycles. The number of allylic oxidation sites excluding steroid dienone is 3. The molecule has 3 rings (SSSR count). The standard InChI is InChI=1S/C19H19ClN4O2/c1-14-11-12-17(24(25)26)19(21-14)23-13-3-2-8-16(23)9-4-6-15-7-5-10-18(20)22-15/h4-7,9-12H,2-3,8,13H2,1H3/b6-4?,16-9+. The van der Waals surface area contributed by atoms with E-state index in [0.717, 1.165) is 36.3 Å². The minimum absolute atomic E-state index is 0.0314. The molecule has 0 unspecified atom stereocenters. The first-order valence-electron chi connectivity index (χ1n) is 8.44.